The predicted molar refractivity (Wildman–Crippen MR) is 159 cm³/mol. The lowest BCUT2D eigenvalue weighted by Crippen LogP contribution is -2.09. The molecule has 0 aliphatic carbocycles. The third-order valence-electron chi connectivity index (χ3n) is 7.31. The minimum atomic E-state index is -4.83. The quantitative estimate of drug-likeness (QED) is 0.0944. The highest BCUT2D eigenvalue weighted by Gasteiger charge is 2.36. The van der Waals surface area contributed by atoms with Crippen LogP contribution in [0.3, 0.4) is 0 Å². The standard InChI is InChI=1S/C32H14F8O8S2/c33-23-21(24(34)28(38)31(27(23)37)47-16-8-5-15-11-18(49(41,42)43)9-6-14(15)10-16)22-25(35)29(39)32(30(40)26(22)36)48-17-7-4-13-2-1-3-20(19(13)12-17)50(44,45)46/h1-12H,(H,41,42,43)(H,44,45,46). The normalized spacial score (nSPS) is 12.1. The van der Waals surface area contributed by atoms with Crippen LogP contribution in [0.15, 0.2) is 82.6 Å². The van der Waals surface area contributed by atoms with Crippen LogP contribution in [-0.2, 0) is 20.2 Å². The highest BCUT2D eigenvalue weighted by Crippen LogP contribution is 2.44. The van der Waals surface area contributed by atoms with Crippen LogP contribution in [0.5, 0.6) is 23.0 Å². The summed E-state index contributed by atoms with van der Waals surface area (Å²) in [4.78, 5) is -1.16. The van der Waals surface area contributed by atoms with Crippen molar-refractivity contribution in [2.24, 2.45) is 0 Å². The number of rotatable bonds is 7. The van der Waals surface area contributed by atoms with Crippen molar-refractivity contribution < 1.29 is 70.5 Å². The van der Waals surface area contributed by atoms with Gasteiger partial charge in [-0.05, 0) is 58.6 Å². The largest absolute Gasteiger partial charge is 0.451 e. The van der Waals surface area contributed by atoms with Gasteiger partial charge < -0.3 is 9.47 Å². The molecule has 0 aliphatic heterocycles. The van der Waals surface area contributed by atoms with Gasteiger partial charge in [-0.15, -0.1) is 0 Å². The van der Waals surface area contributed by atoms with Crippen molar-refractivity contribution >= 4 is 41.8 Å². The van der Waals surface area contributed by atoms with Crippen LogP contribution in [0.2, 0.25) is 0 Å². The molecule has 0 aromatic heterocycles. The summed E-state index contributed by atoms with van der Waals surface area (Å²) in [6.45, 7) is 0. The number of benzene rings is 6. The molecule has 0 bridgehead atoms. The number of hydrogen-bond donors (Lipinski definition) is 2. The van der Waals surface area contributed by atoms with Gasteiger partial charge >= 0.3 is 0 Å². The molecule has 2 N–H and O–H groups in total. The highest BCUT2D eigenvalue weighted by molar-refractivity contribution is 7.86. The zero-order valence-corrected chi connectivity index (χ0v) is 25.7. The summed E-state index contributed by atoms with van der Waals surface area (Å²) in [5, 5.41) is 0.275. The molecule has 6 aromatic rings. The minimum Gasteiger partial charge on any atom is -0.451 e. The van der Waals surface area contributed by atoms with E-state index in [1.165, 1.54) is 12.1 Å². The van der Waals surface area contributed by atoms with E-state index in [-0.39, 0.29) is 21.5 Å². The van der Waals surface area contributed by atoms with Crippen LogP contribution in [0.1, 0.15) is 0 Å². The van der Waals surface area contributed by atoms with E-state index in [0.29, 0.717) is 0 Å². The fourth-order valence-corrected chi connectivity index (χ4v) is 6.24. The van der Waals surface area contributed by atoms with Crippen LogP contribution in [0.25, 0.3) is 32.7 Å². The first-order valence-electron chi connectivity index (χ1n) is 13.5. The van der Waals surface area contributed by atoms with E-state index in [9.17, 15) is 25.9 Å². The van der Waals surface area contributed by atoms with Crippen molar-refractivity contribution in [3.8, 4) is 34.1 Å². The smallest absolute Gasteiger partial charge is 0.295 e. The molecule has 0 saturated heterocycles. The topological polar surface area (TPSA) is 127 Å². The van der Waals surface area contributed by atoms with Gasteiger partial charge in [0, 0.05) is 5.39 Å². The van der Waals surface area contributed by atoms with E-state index in [1.54, 1.807) is 0 Å². The van der Waals surface area contributed by atoms with Gasteiger partial charge in [0.1, 0.15) is 16.4 Å². The molecule has 6 rings (SSSR count). The molecule has 18 heteroatoms. The lowest BCUT2D eigenvalue weighted by molar-refractivity contribution is 0.360. The Morgan fingerprint density at radius 2 is 0.900 bits per heavy atom. The van der Waals surface area contributed by atoms with Gasteiger partial charge in [-0.2, -0.15) is 34.4 Å². The van der Waals surface area contributed by atoms with Crippen molar-refractivity contribution in [1.82, 2.24) is 0 Å². The zero-order valence-electron chi connectivity index (χ0n) is 24.1. The van der Waals surface area contributed by atoms with Crippen LogP contribution >= 0.6 is 0 Å². The number of hydrogen-bond acceptors (Lipinski definition) is 6. The summed E-state index contributed by atoms with van der Waals surface area (Å²) in [5.74, 6) is -24.4. The van der Waals surface area contributed by atoms with E-state index in [2.05, 4.69) is 0 Å². The van der Waals surface area contributed by atoms with Crippen molar-refractivity contribution in [2.75, 3.05) is 0 Å². The van der Waals surface area contributed by atoms with Crippen LogP contribution < -0.4 is 9.47 Å². The molecule has 0 unspecified atom stereocenters. The Morgan fingerprint density at radius 1 is 0.460 bits per heavy atom. The summed E-state index contributed by atoms with van der Waals surface area (Å²) < 4.78 is 196. The Bertz CT molecular complexity index is 2590. The molecular formula is C32H14F8O8S2. The Morgan fingerprint density at radius 3 is 1.38 bits per heavy atom. The highest BCUT2D eigenvalue weighted by atomic mass is 32.2. The maximum Gasteiger partial charge on any atom is 0.295 e. The lowest BCUT2D eigenvalue weighted by Gasteiger charge is -2.16. The minimum absolute atomic E-state index is 0.160. The Kier molecular flexibility index (Phi) is 8.46. The van der Waals surface area contributed by atoms with Gasteiger partial charge in [-0.1, -0.05) is 30.3 Å². The second kappa shape index (κ2) is 12.2. The van der Waals surface area contributed by atoms with Crippen molar-refractivity contribution in [3.63, 3.8) is 0 Å². The summed E-state index contributed by atoms with van der Waals surface area (Å²) in [6, 6.07) is 13.0. The summed E-state index contributed by atoms with van der Waals surface area (Å²) in [7, 11) is -9.42. The van der Waals surface area contributed by atoms with Gasteiger partial charge in [0.05, 0.1) is 16.0 Å². The molecule has 0 fully saturated rings. The molecule has 50 heavy (non-hydrogen) atoms. The predicted octanol–water partition coefficient (Wildman–Crippen LogP) is 8.85. The summed E-state index contributed by atoms with van der Waals surface area (Å²) in [5.41, 5.74) is -4.38. The van der Waals surface area contributed by atoms with E-state index in [4.69, 9.17) is 9.47 Å². The van der Waals surface area contributed by atoms with E-state index in [0.717, 1.165) is 60.7 Å². The molecule has 0 heterocycles. The van der Waals surface area contributed by atoms with Crippen LogP contribution in [-0.4, -0.2) is 25.9 Å². The van der Waals surface area contributed by atoms with Crippen molar-refractivity contribution in [3.05, 3.63) is 119 Å². The Hall–Kier alpha value is -5.30. The second-order valence-corrected chi connectivity index (χ2v) is 13.2. The maximum atomic E-state index is 15.2. The lowest BCUT2D eigenvalue weighted by atomic mass is 10.0. The average Bonchev–Trinajstić information content (AvgIpc) is 3.06. The molecule has 0 spiro atoms. The monoisotopic (exact) mass is 742 g/mol. The summed E-state index contributed by atoms with van der Waals surface area (Å²) in [6.07, 6.45) is 0. The third-order valence-corrected chi connectivity index (χ3v) is 9.07. The van der Waals surface area contributed by atoms with E-state index >= 15 is 35.1 Å². The molecule has 0 aliphatic rings. The van der Waals surface area contributed by atoms with Gasteiger partial charge in [0.15, 0.2) is 23.3 Å². The molecule has 0 radical (unpaired) electrons. The SMILES string of the molecule is O=S(=O)(O)c1ccc2cc(Oc3c(F)c(F)c(-c4c(F)c(F)c(Oc5ccc6cccc(S(=O)(=O)O)c6c5)c(F)c4F)c(F)c3F)ccc2c1. The first kappa shape index (κ1) is 34.6. The maximum absolute atomic E-state index is 15.2. The van der Waals surface area contributed by atoms with Crippen LogP contribution in [0, 0.1) is 46.5 Å². The molecule has 0 amide bonds. The fraction of sp³-hybridized carbons (Fsp3) is 0. The Labute approximate surface area is 275 Å². The number of halogens is 8. The first-order chi connectivity index (χ1) is 23.4. The number of ether oxygens (including phenoxy) is 2. The van der Waals surface area contributed by atoms with Gasteiger partial charge in [0.25, 0.3) is 20.2 Å². The molecule has 258 valence electrons. The molecule has 6 aromatic carbocycles. The first-order valence-corrected chi connectivity index (χ1v) is 16.4. The Balaban J connectivity index is 1.40. The zero-order chi connectivity index (χ0) is 36.4. The van der Waals surface area contributed by atoms with Crippen molar-refractivity contribution in [2.45, 2.75) is 9.79 Å². The molecule has 8 nitrogen and oxygen atoms in total. The molecule has 0 saturated carbocycles. The van der Waals surface area contributed by atoms with Crippen LogP contribution in [0.4, 0.5) is 35.1 Å². The second-order valence-electron chi connectivity index (χ2n) is 10.4. The molecule has 0 atom stereocenters. The average molecular weight is 743 g/mol. The fourth-order valence-electron chi connectivity index (χ4n) is 5.01. The van der Waals surface area contributed by atoms with E-state index < -0.39 is 111 Å². The van der Waals surface area contributed by atoms with Gasteiger partial charge in [-0.3, -0.25) is 9.11 Å². The third kappa shape index (κ3) is 5.95. The number of fused-ring (bicyclic) bond motifs is 2. The van der Waals surface area contributed by atoms with Crippen molar-refractivity contribution in [1.29, 1.82) is 0 Å². The molecular weight excluding hydrogens is 728 g/mol. The summed E-state index contributed by atoms with van der Waals surface area (Å²) >= 11 is 0. The van der Waals surface area contributed by atoms with Gasteiger partial charge in [-0.25, -0.2) is 17.6 Å². The van der Waals surface area contributed by atoms with E-state index in [1.807, 2.05) is 0 Å². The van der Waals surface area contributed by atoms with Gasteiger partial charge in [0.2, 0.25) is 34.8 Å².